The van der Waals surface area contributed by atoms with Gasteiger partial charge in [-0.1, -0.05) is 0 Å². The summed E-state index contributed by atoms with van der Waals surface area (Å²) in [5, 5.41) is 3.36. The molecule has 7 heteroatoms. The Morgan fingerprint density at radius 2 is 2.21 bits per heavy atom. The summed E-state index contributed by atoms with van der Waals surface area (Å²) in [6.45, 7) is 0.131. The van der Waals surface area contributed by atoms with Gasteiger partial charge in [0.25, 0.3) is 5.56 Å². The molecule has 100 valence electrons. The number of aromatic amines is 1. The summed E-state index contributed by atoms with van der Waals surface area (Å²) in [7, 11) is 3.35. The van der Waals surface area contributed by atoms with Crippen molar-refractivity contribution < 1.29 is 4.79 Å². The lowest BCUT2D eigenvalue weighted by Gasteiger charge is -2.13. The normalized spacial score (nSPS) is 10.4. The number of H-pyrrole nitrogens is 1. The maximum Gasteiger partial charge on any atom is 0.258 e. The highest BCUT2D eigenvalue weighted by atomic mass is 16.2. The number of nitrogens with two attached hydrogens (primary N) is 1. The third-order valence-electron chi connectivity index (χ3n) is 2.74. The van der Waals surface area contributed by atoms with Crippen molar-refractivity contribution in [2.24, 2.45) is 0 Å². The maximum absolute atomic E-state index is 11.6. The summed E-state index contributed by atoms with van der Waals surface area (Å²) in [6, 6.07) is 3.20. The molecule has 0 aliphatic heterocycles. The van der Waals surface area contributed by atoms with E-state index in [0.29, 0.717) is 22.3 Å². The zero-order valence-electron chi connectivity index (χ0n) is 10.7. The molecule has 1 aromatic heterocycles. The van der Waals surface area contributed by atoms with Crippen LogP contribution in [-0.2, 0) is 4.79 Å². The minimum Gasteiger partial charge on any atom is -0.397 e. The second-order valence-corrected chi connectivity index (χ2v) is 4.33. The number of nitrogen functional groups attached to an aromatic ring is 1. The van der Waals surface area contributed by atoms with Gasteiger partial charge in [-0.2, -0.15) is 0 Å². The summed E-state index contributed by atoms with van der Waals surface area (Å²) >= 11 is 0. The summed E-state index contributed by atoms with van der Waals surface area (Å²) in [4.78, 5) is 31.1. The quantitative estimate of drug-likeness (QED) is 0.675. The molecule has 0 spiro atoms. The van der Waals surface area contributed by atoms with Crippen LogP contribution < -0.4 is 16.6 Å². The van der Waals surface area contributed by atoms with E-state index in [0.717, 1.165) is 0 Å². The molecule has 0 bridgehead atoms. The first-order valence-electron chi connectivity index (χ1n) is 5.70. The van der Waals surface area contributed by atoms with Crippen molar-refractivity contribution in [1.29, 1.82) is 0 Å². The third-order valence-corrected chi connectivity index (χ3v) is 2.74. The van der Waals surface area contributed by atoms with Gasteiger partial charge < -0.3 is 20.9 Å². The van der Waals surface area contributed by atoms with E-state index in [1.165, 1.54) is 11.2 Å². The Bertz CT molecular complexity index is 677. The summed E-state index contributed by atoms with van der Waals surface area (Å²) in [5.74, 6) is -0.0710. The van der Waals surface area contributed by atoms with E-state index in [-0.39, 0.29) is 18.0 Å². The van der Waals surface area contributed by atoms with E-state index in [1.54, 1.807) is 26.2 Å². The molecular formula is C12H15N5O2. The van der Waals surface area contributed by atoms with Crippen LogP contribution in [-0.4, -0.2) is 41.4 Å². The molecule has 2 aromatic rings. The van der Waals surface area contributed by atoms with Crippen molar-refractivity contribution in [3.8, 4) is 0 Å². The van der Waals surface area contributed by atoms with Gasteiger partial charge in [-0.05, 0) is 12.1 Å². The van der Waals surface area contributed by atoms with Crippen molar-refractivity contribution in [2.45, 2.75) is 0 Å². The largest absolute Gasteiger partial charge is 0.397 e. The lowest BCUT2D eigenvalue weighted by atomic mass is 10.2. The predicted octanol–water partition coefficient (Wildman–Crippen LogP) is 0.00540. The maximum atomic E-state index is 11.6. The lowest BCUT2D eigenvalue weighted by Crippen LogP contribution is -2.28. The van der Waals surface area contributed by atoms with Crippen LogP contribution in [0, 0.1) is 0 Å². The van der Waals surface area contributed by atoms with Crippen LogP contribution in [0.3, 0.4) is 0 Å². The zero-order chi connectivity index (χ0) is 14.0. The second-order valence-electron chi connectivity index (χ2n) is 4.33. The van der Waals surface area contributed by atoms with Crippen molar-refractivity contribution in [1.82, 2.24) is 14.9 Å². The smallest absolute Gasteiger partial charge is 0.258 e. The van der Waals surface area contributed by atoms with Gasteiger partial charge in [-0.25, -0.2) is 4.98 Å². The fraction of sp³-hybridized carbons (Fsp3) is 0.250. The average Bonchev–Trinajstić information content (AvgIpc) is 2.37. The number of carbonyl (C=O) groups excluding carboxylic acids is 1. The molecule has 0 saturated heterocycles. The molecule has 7 nitrogen and oxygen atoms in total. The molecule has 1 heterocycles. The molecule has 4 N–H and O–H groups in total. The number of likely N-dealkylation sites (N-methyl/N-ethyl adjacent to an activating group) is 1. The topological polar surface area (TPSA) is 104 Å². The molecule has 1 amide bonds. The van der Waals surface area contributed by atoms with Crippen molar-refractivity contribution in [3.05, 3.63) is 28.8 Å². The first kappa shape index (κ1) is 12.9. The molecule has 0 unspecified atom stereocenters. The predicted molar refractivity (Wildman–Crippen MR) is 74.0 cm³/mol. The number of fused-ring (bicyclic) bond motifs is 1. The van der Waals surface area contributed by atoms with Crippen molar-refractivity contribution >= 4 is 28.2 Å². The van der Waals surface area contributed by atoms with E-state index in [1.807, 2.05) is 0 Å². The second kappa shape index (κ2) is 4.97. The standard InChI is InChI=1S/C12H15N5O2/c1-17(2)11(18)5-14-10-4-9-7(3-8(10)13)12(19)16-6-15-9/h3-4,6,14H,5,13H2,1-2H3,(H,15,16,19). The van der Waals surface area contributed by atoms with Crippen LogP contribution in [0.15, 0.2) is 23.3 Å². The number of anilines is 2. The summed E-state index contributed by atoms with van der Waals surface area (Å²) in [6.07, 6.45) is 1.33. The minimum absolute atomic E-state index is 0.0710. The third kappa shape index (κ3) is 2.65. The van der Waals surface area contributed by atoms with Crippen LogP contribution in [0.25, 0.3) is 10.9 Å². The van der Waals surface area contributed by atoms with E-state index < -0.39 is 0 Å². The van der Waals surface area contributed by atoms with E-state index in [2.05, 4.69) is 15.3 Å². The molecule has 0 radical (unpaired) electrons. The molecule has 0 fully saturated rings. The first-order chi connectivity index (χ1) is 8.99. The minimum atomic E-state index is -0.243. The number of carbonyl (C=O) groups is 1. The SMILES string of the molecule is CN(C)C(=O)CNc1cc2nc[nH]c(=O)c2cc1N. The molecule has 2 rings (SSSR count). The molecule has 19 heavy (non-hydrogen) atoms. The lowest BCUT2D eigenvalue weighted by molar-refractivity contribution is -0.126. The number of nitrogens with one attached hydrogen (secondary N) is 2. The highest BCUT2D eigenvalue weighted by Gasteiger charge is 2.08. The van der Waals surface area contributed by atoms with Gasteiger partial charge >= 0.3 is 0 Å². The summed E-state index contributed by atoms with van der Waals surface area (Å²) < 4.78 is 0. The number of hydrogen-bond donors (Lipinski definition) is 3. The Balaban J connectivity index is 2.32. The molecule has 1 aromatic carbocycles. The van der Waals surface area contributed by atoms with Crippen molar-refractivity contribution in [3.63, 3.8) is 0 Å². The van der Waals surface area contributed by atoms with Crippen LogP contribution in [0.5, 0.6) is 0 Å². The molecule has 0 aliphatic carbocycles. The van der Waals surface area contributed by atoms with Crippen LogP contribution in [0.2, 0.25) is 0 Å². The zero-order valence-corrected chi connectivity index (χ0v) is 10.7. The molecule has 0 atom stereocenters. The van der Waals surface area contributed by atoms with Gasteiger partial charge in [-0.15, -0.1) is 0 Å². The van der Waals surface area contributed by atoms with E-state index in [4.69, 9.17) is 5.73 Å². The Labute approximate surface area is 109 Å². The molecule has 0 aliphatic rings. The average molecular weight is 261 g/mol. The number of amides is 1. The highest BCUT2D eigenvalue weighted by Crippen LogP contribution is 2.22. The Hall–Kier alpha value is -2.57. The first-order valence-corrected chi connectivity index (χ1v) is 5.70. The van der Waals surface area contributed by atoms with Gasteiger partial charge in [0.15, 0.2) is 0 Å². The molecule has 0 saturated carbocycles. The van der Waals surface area contributed by atoms with Crippen molar-refractivity contribution in [2.75, 3.05) is 31.7 Å². The van der Waals surface area contributed by atoms with Gasteiger partial charge in [0.2, 0.25) is 5.91 Å². The number of nitrogens with zero attached hydrogens (tertiary/aromatic N) is 2. The number of hydrogen-bond acceptors (Lipinski definition) is 5. The number of rotatable bonds is 3. The van der Waals surface area contributed by atoms with Gasteiger partial charge in [-0.3, -0.25) is 9.59 Å². The highest BCUT2D eigenvalue weighted by molar-refractivity contribution is 5.89. The van der Waals surface area contributed by atoms with Gasteiger partial charge in [0.1, 0.15) is 0 Å². The Morgan fingerprint density at radius 3 is 2.89 bits per heavy atom. The van der Waals surface area contributed by atoms with E-state index in [9.17, 15) is 9.59 Å². The Morgan fingerprint density at radius 1 is 1.47 bits per heavy atom. The van der Waals surface area contributed by atoms with Gasteiger partial charge in [0, 0.05) is 14.1 Å². The molecular weight excluding hydrogens is 246 g/mol. The van der Waals surface area contributed by atoms with E-state index >= 15 is 0 Å². The summed E-state index contributed by atoms with van der Waals surface area (Å²) in [5.41, 5.74) is 7.12. The number of benzene rings is 1. The fourth-order valence-electron chi connectivity index (χ4n) is 1.61. The van der Waals surface area contributed by atoms with Crippen LogP contribution in [0.1, 0.15) is 0 Å². The fourth-order valence-corrected chi connectivity index (χ4v) is 1.61. The van der Waals surface area contributed by atoms with Gasteiger partial charge in [0.05, 0.1) is 35.1 Å². The number of aromatic nitrogens is 2. The monoisotopic (exact) mass is 261 g/mol. The van der Waals surface area contributed by atoms with Crippen LogP contribution in [0.4, 0.5) is 11.4 Å². The Kier molecular flexibility index (Phi) is 3.37. The van der Waals surface area contributed by atoms with Crippen LogP contribution >= 0.6 is 0 Å².